The van der Waals surface area contributed by atoms with Crippen LogP contribution in [0.4, 0.5) is 0 Å². The van der Waals surface area contributed by atoms with Crippen molar-refractivity contribution in [3.8, 4) is 5.75 Å². The number of hydrogen-bond acceptors (Lipinski definition) is 3. The molecule has 0 aliphatic carbocycles. The van der Waals surface area contributed by atoms with E-state index in [1.54, 1.807) is 13.1 Å². The third-order valence-corrected chi connectivity index (χ3v) is 2.76. The molecular formula is C13H20Cl2N2O2. The van der Waals surface area contributed by atoms with Gasteiger partial charge in [0.1, 0.15) is 11.9 Å². The standard InChI is InChI=1S/C13H19ClN2O2.ClH/c1-3-10(8-16-13(17)9-15-2)18-12-7-5-4-6-11(12)14;/h4-7,10,15H,3,8-9H2,1-2H3,(H,16,17);1H. The van der Waals surface area contributed by atoms with E-state index < -0.39 is 0 Å². The van der Waals surface area contributed by atoms with Gasteiger partial charge in [-0.15, -0.1) is 12.4 Å². The van der Waals surface area contributed by atoms with E-state index in [1.807, 2.05) is 25.1 Å². The van der Waals surface area contributed by atoms with Gasteiger partial charge in [-0.05, 0) is 25.6 Å². The fourth-order valence-electron chi connectivity index (χ4n) is 1.44. The number of nitrogens with one attached hydrogen (secondary N) is 2. The van der Waals surface area contributed by atoms with Gasteiger partial charge >= 0.3 is 0 Å². The van der Waals surface area contributed by atoms with E-state index in [9.17, 15) is 4.79 Å². The Morgan fingerprint density at radius 2 is 2.11 bits per heavy atom. The molecule has 0 saturated carbocycles. The monoisotopic (exact) mass is 306 g/mol. The average Bonchev–Trinajstić information content (AvgIpc) is 2.37. The van der Waals surface area contributed by atoms with Crippen LogP contribution in [0.1, 0.15) is 13.3 Å². The van der Waals surface area contributed by atoms with Gasteiger partial charge in [-0.3, -0.25) is 4.79 Å². The molecule has 1 unspecified atom stereocenters. The Morgan fingerprint density at radius 1 is 1.42 bits per heavy atom. The SMILES string of the molecule is CCC(CNC(=O)CNC)Oc1ccccc1Cl.Cl. The van der Waals surface area contributed by atoms with Crippen molar-refractivity contribution in [2.24, 2.45) is 0 Å². The lowest BCUT2D eigenvalue weighted by Crippen LogP contribution is -2.39. The minimum atomic E-state index is -0.0780. The zero-order chi connectivity index (χ0) is 13.4. The molecule has 0 aliphatic heterocycles. The van der Waals surface area contributed by atoms with E-state index in [4.69, 9.17) is 16.3 Å². The molecule has 1 aromatic rings. The Kier molecular flexibility index (Phi) is 9.39. The summed E-state index contributed by atoms with van der Waals surface area (Å²) in [4.78, 5) is 11.3. The number of carbonyl (C=O) groups is 1. The highest BCUT2D eigenvalue weighted by Gasteiger charge is 2.11. The summed E-state index contributed by atoms with van der Waals surface area (Å²) < 4.78 is 5.76. The molecule has 6 heteroatoms. The van der Waals surface area contributed by atoms with Crippen LogP contribution >= 0.6 is 24.0 Å². The highest BCUT2D eigenvalue weighted by atomic mass is 35.5. The summed E-state index contributed by atoms with van der Waals surface area (Å²) in [6, 6.07) is 7.32. The molecule has 0 aliphatic rings. The molecule has 0 fully saturated rings. The molecule has 0 spiro atoms. The number of rotatable bonds is 7. The first-order valence-electron chi connectivity index (χ1n) is 5.99. The van der Waals surface area contributed by atoms with E-state index in [0.29, 0.717) is 23.9 Å². The molecular weight excluding hydrogens is 287 g/mol. The molecule has 2 N–H and O–H groups in total. The molecule has 0 aromatic heterocycles. The maximum Gasteiger partial charge on any atom is 0.234 e. The molecule has 4 nitrogen and oxygen atoms in total. The fraction of sp³-hybridized carbons (Fsp3) is 0.462. The molecule has 1 aromatic carbocycles. The zero-order valence-corrected chi connectivity index (χ0v) is 12.7. The minimum Gasteiger partial charge on any atom is -0.487 e. The highest BCUT2D eigenvalue weighted by Crippen LogP contribution is 2.24. The summed E-state index contributed by atoms with van der Waals surface area (Å²) in [6.45, 7) is 2.79. The van der Waals surface area contributed by atoms with Crippen LogP contribution in [-0.2, 0) is 4.79 Å². The Bertz CT molecular complexity index is 389. The molecule has 1 atom stereocenters. The molecule has 19 heavy (non-hydrogen) atoms. The van der Waals surface area contributed by atoms with Crippen LogP contribution in [0.25, 0.3) is 0 Å². The largest absolute Gasteiger partial charge is 0.487 e. The number of hydrogen-bond donors (Lipinski definition) is 2. The van der Waals surface area contributed by atoms with Gasteiger partial charge < -0.3 is 15.4 Å². The smallest absolute Gasteiger partial charge is 0.234 e. The lowest BCUT2D eigenvalue weighted by molar-refractivity contribution is -0.120. The maximum absolute atomic E-state index is 11.3. The van der Waals surface area contributed by atoms with E-state index in [2.05, 4.69) is 10.6 Å². The molecule has 0 heterocycles. The molecule has 108 valence electrons. The number of likely N-dealkylation sites (N-methyl/N-ethyl adjacent to an activating group) is 1. The Balaban J connectivity index is 0.00000324. The average molecular weight is 307 g/mol. The van der Waals surface area contributed by atoms with Crippen molar-refractivity contribution in [3.05, 3.63) is 29.3 Å². The lowest BCUT2D eigenvalue weighted by atomic mass is 10.2. The fourth-order valence-corrected chi connectivity index (χ4v) is 1.62. The van der Waals surface area contributed by atoms with Crippen molar-refractivity contribution in [2.75, 3.05) is 20.1 Å². The lowest BCUT2D eigenvalue weighted by Gasteiger charge is -2.18. The Hall–Kier alpha value is -0.970. The van der Waals surface area contributed by atoms with Gasteiger partial charge in [0.15, 0.2) is 0 Å². The summed E-state index contributed by atoms with van der Waals surface area (Å²) in [7, 11) is 1.73. The predicted octanol–water partition coefficient (Wildman–Crippen LogP) is 2.25. The molecule has 0 saturated heterocycles. The first-order chi connectivity index (χ1) is 8.67. The third kappa shape index (κ3) is 6.66. The second kappa shape index (κ2) is 9.89. The van der Waals surface area contributed by atoms with Gasteiger partial charge in [0.05, 0.1) is 18.1 Å². The van der Waals surface area contributed by atoms with Gasteiger partial charge in [-0.1, -0.05) is 30.7 Å². The van der Waals surface area contributed by atoms with Gasteiger partial charge in [0, 0.05) is 0 Å². The summed E-state index contributed by atoms with van der Waals surface area (Å²) in [5, 5.41) is 6.18. The molecule has 1 rings (SSSR count). The van der Waals surface area contributed by atoms with E-state index in [1.165, 1.54) is 0 Å². The van der Waals surface area contributed by atoms with Crippen LogP contribution in [0.3, 0.4) is 0 Å². The molecule has 0 radical (unpaired) electrons. The number of halogens is 2. The maximum atomic E-state index is 11.3. The number of ether oxygens (including phenoxy) is 1. The Labute approximate surface area is 125 Å². The van der Waals surface area contributed by atoms with Gasteiger partial charge in [0.2, 0.25) is 5.91 Å². The molecule has 0 bridgehead atoms. The zero-order valence-electron chi connectivity index (χ0n) is 11.1. The van der Waals surface area contributed by atoms with Gasteiger partial charge in [0.25, 0.3) is 0 Å². The van der Waals surface area contributed by atoms with Crippen molar-refractivity contribution >= 4 is 29.9 Å². The highest BCUT2D eigenvalue weighted by molar-refractivity contribution is 6.32. The van der Waals surface area contributed by atoms with Crippen LogP contribution < -0.4 is 15.4 Å². The van der Waals surface area contributed by atoms with Crippen LogP contribution in [-0.4, -0.2) is 32.1 Å². The van der Waals surface area contributed by atoms with Crippen LogP contribution in [0, 0.1) is 0 Å². The van der Waals surface area contributed by atoms with Crippen molar-refractivity contribution in [1.29, 1.82) is 0 Å². The topological polar surface area (TPSA) is 50.4 Å². The summed E-state index contributed by atoms with van der Waals surface area (Å²) in [5.74, 6) is 0.604. The normalized spacial score (nSPS) is 11.3. The van der Waals surface area contributed by atoms with Crippen molar-refractivity contribution in [2.45, 2.75) is 19.4 Å². The van der Waals surface area contributed by atoms with E-state index in [-0.39, 0.29) is 24.4 Å². The van der Waals surface area contributed by atoms with E-state index in [0.717, 1.165) is 6.42 Å². The molecule has 1 amide bonds. The summed E-state index contributed by atoms with van der Waals surface area (Å²) >= 11 is 6.02. The van der Waals surface area contributed by atoms with Crippen LogP contribution in [0.15, 0.2) is 24.3 Å². The minimum absolute atomic E-state index is 0. The van der Waals surface area contributed by atoms with Crippen molar-refractivity contribution in [3.63, 3.8) is 0 Å². The summed E-state index contributed by atoms with van der Waals surface area (Å²) in [5.41, 5.74) is 0. The number of amides is 1. The van der Waals surface area contributed by atoms with Gasteiger partial charge in [-0.2, -0.15) is 0 Å². The van der Waals surface area contributed by atoms with Crippen LogP contribution in [0.2, 0.25) is 5.02 Å². The van der Waals surface area contributed by atoms with Crippen molar-refractivity contribution in [1.82, 2.24) is 10.6 Å². The number of carbonyl (C=O) groups excluding carboxylic acids is 1. The van der Waals surface area contributed by atoms with Crippen LogP contribution in [0.5, 0.6) is 5.75 Å². The predicted molar refractivity (Wildman–Crippen MR) is 80.3 cm³/mol. The first-order valence-corrected chi connectivity index (χ1v) is 6.37. The quantitative estimate of drug-likeness (QED) is 0.812. The number of para-hydroxylation sites is 1. The second-order valence-corrected chi connectivity index (χ2v) is 4.32. The van der Waals surface area contributed by atoms with Gasteiger partial charge in [-0.25, -0.2) is 0 Å². The van der Waals surface area contributed by atoms with E-state index >= 15 is 0 Å². The second-order valence-electron chi connectivity index (χ2n) is 3.91. The summed E-state index contributed by atoms with van der Waals surface area (Å²) in [6.07, 6.45) is 0.719. The number of benzene rings is 1. The van der Waals surface area contributed by atoms with Crippen molar-refractivity contribution < 1.29 is 9.53 Å². The Morgan fingerprint density at radius 3 is 2.68 bits per heavy atom. The third-order valence-electron chi connectivity index (χ3n) is 2.45. The first kappa shape index (κ1) is 18.0.